The predicted molar refractivity (Wildman–Crippen MR) is 98.6 cm³/mol. The molecule has 1 aromatic carbocycles. The SMILES string of the molecule is CC(=O)NC(C(=O)Nc1nc(-c2ccc(Cl)cc2Cl)cs1)C(C)C. The summed E-state index contributed by atoms with van der Waals surface area (Å²) >= 11 is 13.4. The highest BCUT2D eigenvalue weighted by Crippen LogP contribution is 2.32. The lowest BCUT2D eigenvalue weighted by molar-refractivity contribution is -0.126. The quantitative estimate of drug-likeness (QED) is 0.809. The third-order valence-electron chi connectivity index (χ3n) is 3.25. The summed E-state index contributed by atoms with van der Waals surface area (Å²) < 4.78 is 0. The van der Waals surface area contributed by atoms with Crippen LogP contribution in [-0.4, -0.2) is 22.8 Å². The summed E-state index contributed by atoms with van der Waals surface area (Å²) in [4.78, 5) is 28.0. The second kappa shape index (κ2) is 7.96. The Kier molecular flexibility index (Phi) is 6.21. The van der Waals surface area contributed by atoms with E-state index in [-0.39, 0.29) is 17.7 Å². The Morgan fingerprint density at radius 2 is 1.96 bits per heavy atom. The van der Waals surface area contributed by atoms with Gasteiger partial charge in [-0.3, -0.25) is 9.59 Å². The van der Waals surface area contributed by atoms with E-state index in [1.54, 1.807) is 23.6 Å². The first-order chi connectivity index (χ1) is 11.3. The van der Waals surface area contributed by atoms with E-state index in [4.69, 9.17) is 23.2 Å². The Morgan fingerprint density at radius 1 is 1.25 bits per heavy atom. The third-order valence-corrected chi connectivity index (χ3v) is 4.55. The van der Waals surface area contributed by atoms with Crippen molar-refractivity contribution in [2.45, 2.75) is 26.8 Å². The Morgan fingerprint density at radius 3 is 2.54 bits per heavy atom. The summed E-state index contributed by atoms with van der Waals surface area (Å²) in [7, 11) is 0. The zero-order chi connectivity index (χ0) is 17.9. The van der Waals surface area contributed by atoms with Gasteiger partial charge < -0.3 is 10.6 Å². The van der Waals surface area contributed by atoms with Gasteiger partial charge in [0.25, 0.3) is 0 Å². The minimum absolute atomic E-state index is 0.0426. The maximum Gasteiger partial charge on any atom is 0.248 e. The van der Waals surface area contributed by atoms with Gasteiger partial charge in [0.1, 0.15) is 6.04 Å². The number of carbonyl (C=O) groups excluding carboxylic acids is 2. The van der Waals surface area contributed by atoms with Gasteiger partial charge in [-0.25, -0.2) is 4.98 Å². The van der Waals surface area contributed by atoms with Crippen molar-refractivity contribution in [2.24, 2.45) is 5.92 Å². The Balaban J connectivity index is 2.15. The number of aromatic nitrogens is 1. The average Bonchev–Trinajstić information content (AvgIpc) is 2.92. The van der Waals surface area contributed by atoms with E-state index < -0.39 is 6.04 Å². The Hall–Kier alpha value is -1.63. The van der Waals surface area contributed by atoms with E-state index in [9.17, 15) is 9.59 Å². The van der Waals surface area contributed by atoms with E-state index in [0.29, 0.717) is 20.9 Å². The second-order valence-electron chi connectivity index (χ2n) is 5.57. The summed E-state index contributed by atoms with van der Waals surface area (Å²) in [5.74, 6) is -0.598. The molecule has 1 atom stereocenters. The van der Waals surface area contributed by atoms with Crippen molar-refractivity contribution in [3.05, 3.63) is 33.6 Å². The van der Waals surface area contributed by atoms with Gasteiger partial charge in [-0.1, -0.05) is 37.0 Å². The average molecular weight is 386 g/mol. The van der Waals surface area contributed by atoms with E-state index in [0.717, 1.165) is 5.56 Å². The summed E-state index contributed by atoms with van der Waals surface area (Å²) in [6, 6.07) is 4.53. The molecular formula is C16H17Cl2N3O2S. The van der Waals surface area contributed by atoms with E-state index in [1.807, 2.05) is 13.8 Å². The lowest BCUT2D eigenvalue weighted by Crippen LogP contribution is -2.46. The zero-order valence-corrected chi connectivity index (χ0v) is 15.7. The molecular weight excluding hydrogens is 369 g/mol. The van der Waals surface area contributed by atoms with Crippen molar-refractivity contribution < 1.29 is 9.59 Å². The molecule has 1 heterocycles. The summed E-state index contributed by atoms with van der Waals surface area (Å²) in [5, 5.41) is 8.65. The van der Waals surface area contributed by atoms with Crippen LogP contribution in [0.25, 0.3) is 11.3 Å². The first-order valence-electron chi connectivity index (χ1n) is 7.27. The molecule has 0 fully saturated rings. The monoisotopic (exact) mass is 385 g/mol. The number of halogens is 2. The topological polar surface area (TPSA) is 71.1 Å². The molecule has 2 amide bonds. The van der Waals surface area contributed by atoms with Crippen LogP contribution in [-0.2, 0) is 9.59 Å². The summed E-state index contributed by atoms with van der Waals surface area (Å²) in [6.07, 6.45) is 0. The van der Waals surface area contributed by atoms with Crippen molar-refractivity contribution in [2.75, 3.05) is 5.32 Å². The van der Waals surface area contributed by atoms with Gasteiger partial charge in [0.05, 0.1) is 10.7 Å². The number of thiazole rings is 1. The van der Waals surface area contributed by atoms with E-state index >= 15 is 0 Å². The fraction of sp³-hybridized carbons (Fsp3) is 0.312. The molecule has 2 aromatic rings. The number of nitrogens with zero attached hydrogens (tertiary/aromatic N) is 1. The van der Waals surface area contributed by atoms with Crippen LogP contribution in [0.5, 0.6) is 0 Å². The molecule has 2 N–H and O–H groups in total. The van der Waals surface area contributed by atoms with Gasteiger partial charge in [0.2, 0.25) is 11.8 Å². The molecule has 8 heteroatoms. The van der Waals surface area contributed by atoms with Crippen LogP contribution < -0.4 is 10.6 Å². The number of hydrogen-bond acceptors (Lipinski definition) is 4. The van der Waals surface area contributed by atoms with Gasteiger partial charge in [0, 0.05) is 22.9 Å². The predicted octanol–water partition coefficient (Wildman–Crippen LogP) is 4.22. The molecule has 2 rings (SSSR count). The highest BCUT2D eigenvalue weighted by Gasteiger charge is 2.24. The molecule has 1 unspecified atom stereocenters. The standard InChI is InChI=1S/C16H17Cl2N3O2S/c1-8(2)14(19-9(3)22)15(23)21-16-20-13(7-24-16)11-5-4-10(17)6-12(11)18/h4-8,14H,1-3H3,(H,19,22)(H,20,21,23). The molecule has 0 aliphatic carbocycles. The minimum atomic E-state index is -0.617. The number of anilines is 1. The molecule has 0 aliphatic rings. The fourth-order valence-electron chi connectivity index (χ4n) is 2.09. The van der Waals surface area contributed by atoms with Crippen molar-refractivity contribution in [3.63, 3.8) is 0 Å². The van der Waals surface area contributed by atoms with Crippen LogP contribution in [0.1, 0.15) is 20.8 Å². The summed E-state index contributed by atoms with van der Waals surface area (Å²) in [5.41, 5.74) is 1.39. The van der Waals surface area contributed by atoms with Crippen LogP contribution >= 0.6 is 34.5 Å². The molecule has 24 heavy (non-hydrogen) atoms. The zero-order valence-electron chi connectivity index (χ0n) is 13.4. The third kappa shape index (κ3) is 4.69. The van der Waals surface area contributed by atoms with Gasteiger partial charge in [0.15, 0.2) is 5.13 Å². The molecule has 0 saturated heterocycles. The van der Waals surface area contributed by atoms with E-state index in [1.165, 1.54) is 18.3 Å². The molecule has 0 aliphatic heterocycles. The van der Waals surface area contributed by atoms with Gasteiger partial charge in [-0.2, -0.15) is 0 Å². The first-order valence-corrected chi connectivity index (χ1v) is 8.90. The lowest BCUT2D eigenvalue weighted by Gasteiger charge is -2.20. The number of amides is 2. The molecule has 1 aromatic heterocycles. The largest absolute Gasteiger partial charge is 0.344 e. The van der Waals surface area contributed by atoms with Gasteiger partial charge in [-0.05, 0) is 24.1 Å². The fourth-order valence-corrected chi connectivity index (χ4v) is 3.31. The van der Waals surface area contributed by atoms with Crippen LogP contribution in [0.15, 0.2) is 23.6 Å². The van der Waals surface area contributed by atoms with Gasteiger partial charge >= 0.3 is 0 Å². The molecule has 5 nitrogen and oxygen atoms in total. The van der Waals surface area contributed by atoms with Crippen molar-refractivity contribution in [1.29, 1.82) is 0 Å². The number of benzene rings is 1. The van der Waals surface area contributed by atoms with Crippen LogP contribution in [0.2, 0.25) is 10.0 Å². The number of nitrogens with one attached hydrogen (secondary N) is 2. The van der Waals surface area contributed by atoms with Crippen LogP contribution in [0.3, 0.4) is 0 Å². The number of rotatable bonds is 5. The van der Waals surface area contributed by atoms with Crippen LogP contribution in [0.4, 0.5) is 5.13 Å². The smallest absolute Gasteiger partial charge is 0.248 e. The van der Waals surface area contributed by atoms with Crippen molar-refractivity contribution >= 4 is 51.5 Å². The molecule has 0 radical (unpaired) electrons. The van der Waals surface area contributed by atoms with E-state index in [2.05, 4.69) is 15.6 Å². The molecule has 0 bridgehead atoms. The number of hydrogen-bond donors (Lipinski definition) is 2. The Bertz CT molecular complexity index is 762. The summed E-state index contributed by atoms with van der Waals surface area (Å²) in [6.45, 7) is 5.11. The molecule has 0 spiro atoms. The maximum atomic E-state index is 12.3. The van der Waals surface area contributed by atoms with Crippen molar-refractivity contribution in [3.8, 4) is 11.3 Å². The normalized spacial score (nSPS) is 12.1. The highest BCUT2D eigenvalue weighted by molar-refractivity contribution is 7.14. The maximum absolute atomic E-state index is 12.3. The lowest BCUT2D eigenvalue weighted by atomic mass is 10.0. The van der Waals surface area contributed by atoms with Crippen LogP contribution in [0, 0.1) is 5.92 Å². The second-order valence-corrected chi connectivity index (χ2v) is 7.28. The minimum Gasteiger partial charge on any atom is -0.344 e. The highest BCUT2D eigenvalue weighted by atomic mass is 35.5. The van der Waals surface area contributed by atoms with Gasteiger partial charge in [-0.15, -0.1) is 11.3 Å². The van der Waals surface area contributed by atoms with Crippen molar-refractivity contribution in [1.82, 2.24) is 10.3 Å². The molecule has 128 valence electrons. The first kappa shape index (κ1) is 18.7. The number of carbonyl (C=O) groups is 2. The molecule has 0 saturated carbocycles. The Labute approximate surface area is 154 Å².